The fraction of sp³-hybridized carbons (Fsp3) is 1.00. The Kier molecular flexibility index (Phi) is 5.51. The first-order chi connectivity index (χ1) is 14.7. The SMILES string of the molecule is CC[C@]12CC[C@H](C(C)C)[C@H]1CC[C@]1(CC)[C@@H]2CC[C@@H]2[C@H]3CCCC(C)(C)[C@@H]3CC[C@]21C. The molecule has 0 aliphatic heterocycles. The van der Waals surface area contributed by atoms with E-state index < -0.39 is 0 Å². The summed E-state index contributed by atoms with van der Waals surface area (Å²) < 4.78 is 0. The van der Waals surface area contributed by atoms with Gasteiger partial charge in [0.15, 0.2) is 0 Å². The van der Waals surface area contributed by atoms with Crippen molar-refractivity contribution in [1.29, 1.82) is 0 Å². The third-order valence-corrected chi connectivity index (χ3v) is 13.7. The molecule has 0 saturated heterocycles. The topological polar surface area (TPSA) is 0 Å². The fourth-order valence-corrected chi connectivity index (χ4v) is 12.3. The van der Waals surface area contributed by atoms with Crippen LogP contribution in [-0.4, -0.2) is 0 Å². The third kappa shape index (κ3) is 2.84. The molecule has 0 aromatic rings. The summed E-state index contributed by atoms with van der Waals surface area (Å²) in [5.41, 5.74) is 2.53. The maximum atomic E-state index is 2.85. The van der Waals surface area contributed by atoms with Gasteiger partial charge in [0.2, 0.25) is 0 Å². The molecule has 5 aliphatic rings. The zero-order valence-corrected chi connectivity index (χ0v) is 22.2. The largest absolute Gasteiger partial charge is 0.0648 e. The summed E-state index contributed by atoms with van der Waals surface area (Å²) in [6, 6.07) is 0. The van der Waals surface area contributed by atoms with Crippen molar-refractivity contribution in [2.24, 2.45) is 63.1 Å². The van der Waals surface area contributed by atoms with Gasteiger partial charge in [0.1, 0.15) is 0 Å². The van der Waals surface area contributed by atoms with Crippen LogP contribution >= 0.6 is 0 Å². The molecule has 5 fully saturated rings. The Balaban J connectivity index is 1.54. The van der Waals surface area contributed by atoms with Crippen LogP contribution in [0.2, 0.25) is 0 Å². The molecule has 0 N–H and O–H groups in total. The lowest BCUT2D eigenvalue weighted by atomic mass is 9.33. The fourth-order valence-electron chi connectivity index (χ4n) is 12.3. The Labute approximate surface area is 195 Å². The maximum absolute atomic E-state index is 2.85. The van der Waals surface area contributed by atoms with Gasteiger partial charge in [-0.05, 0) is 140 Å². The maximum Gasteiger partial charge on any atom is -0.0210 e. The highest BCUT2D eigenvalue weighted by Gasteiger charge is 2.69. The van der Waals surface area contributed by atoms with Gasteiger partial charge in [-0.3, -0.25) is 0 Å². The highest BCUT2D eigenvalue weighted by atomic mass is 14.7. The summed E-state index contributed by atoms with van der Waals surface area (Å²) in [6.45, 7) is 18.4. The lowest BCUT2D eigenvalue weighted by Gasteiger charge is -2.72. The first-order valence-electron chi connectivity index (χ1n) is 14.7. The molecule has 5 aliphatic carbocycles. The summed E-state index contributed by atoms with van der Waals surface area (Å²) in [7, 11) is 0. The molecule has 0 aromatic carbocycles. The molecule has 9 atom stereocenters. The lowest BCUT2D eigenvalue weighted by Crippen LogP contribution is -2.64. The second-order valence-electron chi connectivity index (χ2n) is 14.5. The average Bonchev–Trinajstić information content (AvgIpc) is 3.13. The van der Waals surface area contributed by atoms with E-state index in [4.69, 9.17) is 0 Å². The van der Waals surface area contributed by atoms with Gasteiger partial charge in [0.05, 0.1) is 0 Å². The smallest absolute Gasteiger partial charge is 0.0210 e. The minimum absolute atomic E-state index is 0.596. The summed E-state index contributed by atoms with van der Waals surface area (Å²) in [4.78, 5) is 0. The highest BCUT2D eigenvalue weighted by molar-refractivity contribution is 5.18. The molecular weight excluding hydrogens is 372 g/mol. The van der Waals surface area contributed by atoms with Gasteiger partial charge < -0.3 is 0 Å². The molecule has 0 bridgehead atoms. The van der Waals surface area contributed by atoms with Crippen LogP contribution in [0.25, 0.3) is 0 Å². The zero-order chi connectivity index (χ0) is 22.2. The van der Waals surface area contributed by atoms with Crippen molar-refractivity contribution in [1.82, 2.24) is 0 Å². The molecule has 0 spiro atoms. The molecular formula is C31H54. The molecule has 31 heavy (non-hydrogen) atoms. The molecule has 0 heterocycles. The number of rotatable bonds is 3. The van der Waals surface area contributed by atoms with Crippen molar-refractivity contribution >= 4 is 0 Å². The molecule has 178 valence electrons. The van der Waals surface area contributed by atoms with Crippen LogP contribution in [0.3, 0.4) is 0 Å². The summed E-state index contributed by atoms with van der Waals surface area (Å²) in [6.07, 6.45) is 19.9. The second kappa shape index (κ2) is 7.50. The van der Waals surface area contributed by atoms with Gasteiger partial charge in [-0.2, -0.15) is 0 Å². The van der Waals surface area contributed by atoms with Gasteiger partial charge in [-0.1, -0.05) is 54.9 Å². The van der Waals surface area contributed by atoms with E-state index in [1.165, 1.54) is 38.5 Å². The molecule has 0 unspecified atom stereocenters. The lowest BCUT2D eigenvalue weighted by molar-refractivity contribution is -0.229. The molecule has 5 saturated carbocycles. The van der Waals surface area contributed by atoms with Crippen molar-refractivity contribution in [3.8, 4) is 0 Å². The van der Waals surface area contributed by atoms with Crippen molar-refractivity contribution in [2.75, 3.05) is 0 Å². The van der Waals surface area contributed by atoms with Crippen LogP contribution < -0.4 is 0 Å². The van der Waals surface area contributed by atoms with E-state index in [1.807, 2.05) is 0 Å². The molecule has 0 amide bonds. The molecule has 5 rings (SSSR count). The Bertz CT molecular complexity index is 674. The predicted molar refractivity (Wildman–Crippen MR) is 134 cm³/mol. The van der Waals surface area contributed by atoms with E-state index >= 15 is 0 Å². The van der Waals surface area contributed by atoms with E-state index in [-0.39, 0.29) is 0 Å². The van der Waals surface area contributed by atoms with Gasteiger partial charge in [-0.25, -0.2) is 0 Å². The van der Waals surface area contributed by atoms with Crippen molar-refractivity contribution in [3.05, 3.63) is 0 Å². The Morgan fingerprint density at radius 3 is 2.13 bits per heavy atom. The van der Waals surface area contributed by atoms with E-state index in [0.29, 0.717) is 21.7 Å². The standard InChI is InChI=1S/C31H54/c1-8-30-19-14-22(21(3)4)26(30)16-20-31(9-2)27(30)13-12-25-23-11-10-17-28(5,6)24(23)15-18-29(25,31)7/h21-27H,8-20H2,1-7H3/t22-,23+,24-,25-,26-,27-,29-,30+,31-/m1/s1. The molecule has 0 heteroatoms. The Morgan fingerprint density at radius 1 is 0.710 bits per heavy atom. The molecule has 0 nitrogen and oxygen atoms in total. The number of hydrogen-bond donors (Lipinski definition) is 0. The van der Waals surface area contributed by atoms with E-state index in [9.17, 15) is 0 Å². The average molecular weight is 427 g/mol. The summed E-state index contributed by atoms with van der Waals surface area (Å²) >= 11 is 0. The third-order valence-electron chi connectivity index (χ3n) is 13.7. The zero-order valence-electron chi connectivity index (χ0n) is 22.2. The van der Waals surface area contributed by atoms with E-state index in [1.54, 1.807) is 44.9 Å². The van der Waals surface area contributed by atoms with Gasteiger partial charge in [0, 0.05) is 0 Å². The molecule has 0 aromatic heterocycles. The van der Waals surface area contributed by atoms with E-state index in [2.05, 4.69) is 48.5 Å². The van der Waals surface area contributed by atoms with Crippen LogP contribution in [0.15, 0.2) is 0 Å². The minimum atomic E-state index is 0.596. The van der Waals surface area contributed by atoms with E-state index in [0.717, 1.165) is 41.4 Å². The van der Waals surface area contributed by atoms with Crippen LogP contribution in [0.5, 0.6) is 0 Å². The Hall–Kier alpha value is 0. The van der Waals surface area contributed by atoms with Crippen LogP contribution in [0.1, 0.15) is 132 Å². The predicted octanol–water partition coefficient (Wildman–Crippen LogP) is 9.52. The first-order valence-corrected chi connectivity index (χ1v) is 14.7. The number of hydrogen-bond acceptors (Lipinski definition) is 0. The summed E-state index contributed by atoms with van der Waals surface area (Å²) in [5, 5.41) is 0. The van der Waals surface area contributed by atoms with Crippen LogP contribution in [0.4, 0.5) is 0 Å². The van der Waals surface area contributed by atoms with Gasteiger partial charge in [-0.15, -0.1) is 0 Å². The first kappa shape index (κ1) is 22.8. The van der Waals surface area contributed by atoms with Gasteiger partial charge in [0.25, 0.3) is 0 Å². The second-order valence-corrected chi connectivity index (χ2v) is 14.5. The summed E-state index contributed by atoms with van der Waals surface area (Å²) in [5.74, 6) is 7.02. The quantitative estimate of drug-likeness (QED) is 0.421. The van der Waals surface area contributed by atoms with Crippen molar-refractivity contribution < 1.29 is 0 Å². The minimum Gasteiger partial charge on any atom is -0.0648 e. The monoisotopic (exact) mass is 426 g/mol. The van der Waals surface area contributed by atoms with Crippen molar-refractivity contribution in [3.63, 3.8) is 0 Å². The van der Waals surface area contributed by atoms with Gasteiger partial charge >= 0.3 is 0 Å². The Morgan fingerprint density at radius 2 is 1.45 bits per heavy atom. The highest BCUT2D eigenvalue weighted by Crippen LogP contribution is 2.77. The van der Waals surface area contributed by atoms with Crippen LogP contribution in [-0.2, 0) is 0 Å². The normalized spacial score (nSPS) is 53.4. The van der Waals surface area contributed by atoms with Crippen molar-refractivity contribution in [2.45, 2.75) is 132 Å². The number of fused-ring (bicyclic) bond motifs is 7. The van der Waals surface area contributed by atoms with Crippen LogP contribution in [0, 0.1) is 63.1 Å². The molecule has 0 radical (unpaired) electrons.